The van der Waals surface area contributed by atoms with Gasteiger partial charge in [-0.25, -0.2) is 0 Å². The maximum absolute atomic E-state index is 10.5. The monoisotopic (exact) mass is 466 g/mol. The highest BCUT2D eigenvalue weighted by Crippen LogP contribution is 2.33. The summed E-state index contributed by atoms with van der Waals surface area (Å²) in [5.74, 6) is 0.680. The van der Waals surface area contributed by atoms with E-state index < -0.39 is 6.10 Å². The fourth-order valence-electron chi connectivity index (χ4n) is 3.18. The van der Waals surface area contributed by atoms with Gasteiger partial charge in [0.15, 0.2) is 0 Å². The van der Waals surface area contributed by atoms with E-state index in [9.17, 15) is 5.11 Å². The molecule has 5 heteroatoms. The quantitative estimate of drug-likeness (QED) is 0.461. The molecule has 0 fully saturated rings. The molecule has 2 N–H and O–H groups in total. The van der Waals surface area contributed by atoms with Gasteiger partial charge in [-0.1, -0.05) is 45.7 Å². The summed E-state index contributed by atoms with van der Waals surface area (Å²) in [5, 5.41) is 16.3. The van der Waals surface area contributed by atoms with Crippen molar-refractivity contribution in [2.75, 3.05) is 13.1 Å². The van der Waals surface area contributed by atoms with Gasteiger partial charge >= 0.3 is 0 Å². The lowest BCUT2D eigenvalue weighted by Crippen LogP contribution is -2.31. The van der Waals surface area contributed by atoms with Crippen LogP contribution in [0.2, 0.25) is 0 Å². The minimum Gasteiger partial charge on any atom is -0.390 e. The summed E-state index contributed by atoms with van der Waals surface area (Å²) in [6.07, 6.45) is 0.711. The summed E-state index contributed by atoms with van der Waals surface area (Å²) in [4.78, 5) is 0. The number of nitrogens with one attached hydrogen (secondary N) is 1. The zero-order chi connectivity index (χ0) is 18.0. The molecular formula is C20H24Br2N2O. The Morgan fingerprint density at radius 1 is 1.00 bits per heavy atom. The van der Waals surface area contributed by atoms with Crippen LogP contribution in [0.3, 0.4) is 0 Å². The van der Waals surface area contributed by atoms with Crippen molar-refractivity contribution in [2.45, 2.75) is 32.9 Å². The van der Waals surface area contributed by atoms with Crippen LogP contribution in [0.4, 0.5) is 0 Å². The Balaban J connectivity index is 1.87. The predicted octanol–water partition coefficient (Wildman–Crippen LogP) is 5.32. The molecule has 3 aromatic rings. The third kappa shape index (κ3) is 4.45. The number of halogens is 2. The van der Waals surface area contributed by atoms with Crippen LogP contribution in [-0.4, -0.2) is 28.9 Å². The van der Waals surface area contributed by atoms with Crippen molar-refractivity contribution in [2.24, 2.45) is 5.92 Å². The Kier molecular flexibility index (Phi) is 6.21. The van der Waals surface area contributed by atoms with E-state index in [0.29, 0.717) is 19.0 Å². The normalized spacial score (nSPS) is 13.2. The largest absolute Gasteiger partial charge is 0.390 e. The van der Waals surface area contributed by atoms with Crippen LogP contribution in [0, 0.1) is 5.92 Å². The number of aliphatic hydroxyl groups is 1. The number of nitrogens with zero attached hydrogens (tertiary/aromatic N) is 1. The average molecular weight is 468 g/mol. The van der Waals surface area contributed by atoms with E-state index in [0.717, 1.165) is 32.9 Å². The van der Waals surface area contributed by atoms with Gasteiger partial charge in [0, 0.05) is 37.3 Å². The standard InChI is InChI=1S/C20H24Br2N2O/c1-13(2)7-8-23-11-16(25)12-24-19-5-3-14(21)9-17(19)18-10-15(22)4-6-20(18)24/h3-6,9-10,13,16,23,25H,7-8,11-12H2,1-2H3. The van der Waals surface area contributed by atoms with Crippen molar-refractivity contribution in [3.8, 4) is 0 Å². The van der Waals surface area contributed by atoms with Gasteiger partial charge in [0.1, 0.15) is 0 Å². The summed E-state index contributed by atoms with van der Waals surface area (Å²) in [7, 11) is 0. The zero-order valence-electron chi connectivity index (χ0n) is 14.6. The third-order valence-electron chi connectivity index (χ3n) is 4.46. The molecule has 3 nitrogen and oxygen atoms in total. The van der Waals surface area contributed by atoms with Crippen LogP contribution in [0.15, 0.2) is 45.3 Å². The van der Waals surface area contributed by atoms with Gasteiger partial charge in [0.25, 0.3) is 0 Å². The number of hydrogen-bond donors (Lipinski definition) is 2. The molecule has 1 heterocycles. The Hall–Kier alpha value is -0.880. The minimum absolute atomic E-state index is 0.418. The van der Waals surface area contributed by atoms with Crippen LogP contribution in [-0.2, 0) is 6.54 Å². The van der Waals surface area contributed by atoms with Crippen molar-refractivity contribution in [1.82, 2.24) is 9.88 Å². The maximum atomic E-state index is 10.5. The highest BCUT2D eigenvalue weighted by Gasteiger charge is 2.14. The highest BCUT2D eigenvalue weighted by molar-refractivity contribution is 9.10. The van der Waals surface area contributed by atoms with Crippen molar-refractivity contribution in [3.63, 3.8) is 0 Å². The van der Waals surface area contributed by atoms with Gasteiger partial charge < -0.3 is 15.0 Å². The second kappa shape index (κ2) is 8.21. The van der Waals surface area contributed by atoms with Crippen molar-refractivity contribution in [1.29, 1.82) is 0 Å². The Labute approximate surface area is 165 Å². The first-order valence-corrected chi connectivity index (χ1v) is 10.3. The van der Waals surface area contributed by atoms with Gasteiger partial charge in [-0.05, 0) is 55.3 Å². The van der Waals surface area contributed by atoms with E-state index in [1.165, 1.54) is 10.8 Å². The number of aliphatic hydroxyl groups excluding tert-OH is 1. The van der Waals surface area contributed by atoms with Gasteiger partial charge in [0.2, 0.25) is 0 Å². The van der Waals surface area contributed by atoms with Gasteiger partial charge in [-0.3, -0.25) is 0 Å². The van der Waals surface area contributed by atoms with Crippen LogP contribution in [0.25, 0.3) is 21.8 Å². The molecule has 0 saturated carbocycles. The smallest absolute Gasteiger partial charge is 0.0843 e. The lowest BCUT2D eigenvalue weighted by Gasteiger charge is -2.15. The first kappa shape index (κ1) is 18.9. The Morgan fingerprint density at radius 2 is 1.56 bits per heavy atom. The fraction of sp³-hybridized carbons (Fsp3) is 0.400. The molecule has 25 heavy (non-hydrogen) atoms. The molecular weight excluding hydrogens is 444 g/mol. The minimum atomic E-state index is -0.418. The maximum Gasteiger partial charge on any atom is 0.0843 e. The van der Waals surface area contributed by atoms with Gasteiger partial charge in [-0.15, -0.1) is 0 Å². The van der Waals surface area contributed by atoms with Crippen LogP contribution >= 0.6 is 31.9 Å². The first-order valence-electron chi connectivity index (χ1n) is 8.71. The van der Waals surface area contributed by atoms with E-state index >= 15 is 0 Å². The summed E-state index contributed by atoms with van der Waals surface area (Å²) >= 11 is 7.14. The second-order valence-electron chi connectivity index (χ2n) is 6.97. The lowest BCUT2D eigenvalue weighted by atomic mass is 10.1. The van der Waals surface area contributed by atoms with Gasteiger partial charge in [0.05, 0.1) is 12.6 Å². The van der Waals surface area contributed by atoms with Gasteiger partial charge in [-0.2, -0.15) is 0 Å². The molecule has 1 atom stereocenters. The Morgan fingerprint density at radius 3 is 2.08 bits per heavy atom. The lowest BCUT2D eigenvalue weighted by molar-refractivity contribution is 0.154. The zero-order valence-corrected chi connectivity index (χ0v) is 17.8. The van der Waals surface area contributed by atoms with Crippen molar-refractivity contribution >= 4 is 53.7 Å². The number of aromatic nitrogens is 1. The summed E-state index contributed by atoms with van der Waals surface area (Å²) < 4.78 is 4.35. The molecule has 0 aliphatic carbocycles. The van der Waals surface area contributed by atoms with Crippen molar-refractivity contribution in [3.05, 3.63) is 45.3 Å². The van der Waals surface area contributed by atoms with E-state index in [1.807, 2.05) is 0 Å². The third-order valence-corrected chi connectivity index (χ3v) is 5.45. The molecule has 0 aliphatic heterocycles. The molecule has 0 bridgehead atoms. The molecule has 0 aliphatic rings. The molecule has 0 saturated heterocycles. The summed E-state index contributed by atoms with van der Waals surface area (Å²) in [6.45, 7) is 6.57. The van der Waals surface area contributed by atoms with E-state index in [4.69, 9.17) is 0 Å². The second-order valence-corrected chi connectivity index (χ2v) is 8.81. The average Bonchev–Trinajstić information content (AvgIpc) is 2.84. The number of rotatable bonds is 7. The summed E-state index contributed by atoms with van der Waals surface area (Å²) in [5.41, 5.74) is 2.30. The van der Waals surface area contributed by atoms with Crippen molar-refractivity contribution < 1.29 is 5.11 Å². The van der Waals surface area contributed by atoms with Crippen LogP contribution < -0.4 is 5.32 Å². The fourth-order valence-corrected chi connectivity index (χ4v) is 3.90. The molecule has 1 aromatic heterocycles. The molecule has 134 valence electrons. The summed E-state index contributed by atoms with van der Waals surface area (Å²) in [6, 6.07) is 12.6. The molecule has 0 amide bonds. The van der Waals surface area contributed by atoms with E-state index in [-0.39, 0.29) is 0 Å². The number of hydrogen-bond acceptors (Lipinski definition) is 2. The van der Waals surface area contributed by atoms with E-state index in [1.54, 1.807) is 0 Å². The highest BCUT2D eigenvalue weighted by atomic mass is 79.9. The molecule has 1 unspecified atom stereocenters. The number of fused-ring (bicyclic) bond motifs is 3. The SMILES string of the molecule is CC(C)CCNCC(O)Cn1c2ccc(Br)cc2c2cc(Br)ccc21. The van der Waals surface area contributed by atoms with Crippen LogP contribution in [0.5, 0.6) is 0 Å². The molecule has 0 radical (unpaired) electrons. The van der Waals surface area contributed by atoms with E-state index in [2.05, 4.69) is 92.0 Å². The predicted molar refractivity (Wildman–Crippen MR) is 113 cm³/mol. The number of benzene rings is 2. The Bertz CT molecular complexity index is 814. The molecule has 3 rings (SSSR count). The first-order chi connectivity index (χ1) is 12.0. The van der Waals surface area contributed by atoms with Crippen LogP contribution in [0.1, 0.15) is 20.3 Å². The topological polar surface area (TPSA) is 37.2 Å². The molecule has 2 aromatic carbocycles. The molecule has 0 spiro atoms.